The maximum atomic E-state index is 7.72. The second kappa shape index (κ2) is 576. The molecule has 0 saturated carbocycles. The summed E-state index contributed by atoms with van der Waals surface area (Å²) in [5, 5.41) is 0. The fourth-order valence-corrected chi connectivity index (χ4v) is 0. The van der Waals surface area contributed by atoms with Gasteiger partial charge < -0.3 is 18.6 Å². The van der Waals surface area contributed by atoms with Gasteiger partial charge in [0.1, 0.15) is 0 Å². The Balaban J connectivity index is -0.00000000762. The molecule has 0 N–H and O–H groups in total. The molecule has 0 fully saturated rings. The Hall–Kier alpha value is 1.00. The van der Waals surface area contributed by atoms with Crippen molar-refractivity contribution in [2.24, 2.45) is 0 Å². The van der Waals surface area contributed by atoms with Gasteiger partial charge in [0.2, 0.25) is 0 Å². The Morgan fingerprint density at radius 1 is 0.444 bits per heavy atom. The molecular weight excluding hydrogens is 218 g/mol. The van der Waals surface area contributed by atoms with Gasteiger partial charge >= 0.3 is 7.43 Å². The first-order valence-corrected chi connectivity index (χ1v) is 1.85. The van der Waals surface area contributed by atoms with Gasteiger partial charge in [0.05, 0.1) is 0 Å². The topological polar surface area (TPSA) is 92.2 Å². The van der Waals surface area contributed by atoms with E-state index in [-0.39, 0.29) is 7.43 Å². The summed E-state index contributed by atoms with van der Waals surface area (Å²) in [6.07, 6.45) is 0. The molecule has 0 saturated heterocycles. The standard InChI is InChI=1S/C.4ClO/c;4*1-2/q+4;4*-1. The first-order chi connectivity index (χ1) is 4.00. The van der Waals surface area contributed by atoms with Gasteiger partial charge in [-0.3, -0.25) is 0 Å². The van der Waals surface area contributed by atoms with E-state index in [9.17, 15) is 0 Å². The van der Waals surface area contributed by atoms with Gasteiger partial charge in [-0.05, 0) is 0 Å². The normalized spacial score (nSPS) is 2.67. The van der Waals surface area contributed by atoms with E-state index in [1.165, 1.54) is 0 Å². The van der Waals surface area contributed by atoms with Crippen LogP contribution in [0.4, 0.5) is 0 Å². The molecule has 0 aromatic carbocycles. The molecule has 8 heteroatoms. The van der Waals surface area contributed by atoms with Crippen molar-refractivity contribution in [1.82, 2.24) is 0 Å². The van der Waals surface area contributed by atoms with E-state index in [2.05, 4.69) is 47.5 Å². The minimum absolute atomic E-state index is 0. The Kier molecular flexibility index (Phi) is 2070. The molecule has 56 valence electrons. The Morgan fingerprint density at radius 3 is 0.444 bits per heavy atom. The zero-order chi connectivity index (χ0) is 8.00. The van der Waals surface area contributed by atoms with E-state index in [4.69, 9.17) is 18.6 Å². The summed E-state index contributed by atoms with van der Waals surface area (Å²) >= 11 is 13.6. The molecule has 0 unspecified atom stereocenters. The Bertz CT molecular complexity index is 12.5. The van der Waals surface area contributed by atoms with Gasteiger partial charge in [0.15, 0.2) is 0 Å². The van der Waals surface area contributed by atoms with E-state index in [0.717, 1.165) is 0 Å². The molecule has 4 nitrogen and oxygen atoms in total. The predicted molar refractivity (Wildman–Crippen MR) is 26.7 cm³/mol. The number of hydrogen-bond acceptors (Lipinski definition) is 4. The molecule has 0 heterocycles. The zero-order valence-electron chi connectivity index (χ0n) is 3.64. The first kappa shape index (κ1) is 32.4. The summed E-state index contributed by atoms with van der Waals surface area (Å²) in [6.45, 7) is 0. The minimum atomic E-state index is 0. The second-order valence-corrected chi connectivity index (χ2v) is 0. The van der Waals surface area contributed by atoms with E-state index in [1.54, 1.807) is 0 Å². The fraction of sp³-hybridized carbons (Fsp3) is 0. The zero-order valence-corrected chi connectivity index (χ0v) is 6.67. The van der Waals surface area contributed by atoms with E-state index >= 15 is 0 Å². The molecule has 0 amide bonds. The Labute approximate surface area is 73.8 Å². The van der Waals surface area contributed by atoms with Crippen LogP contribution in [0.25, 0.3) is 0 Å². The smallest absolute Gasteiger partial charge is 0.769 e. The number of rotatable bonds is 0. The van der Waals surface area contributed by atoms with Crippen LogP contribution in [0, 0.1) is 7.43 Å². The van der Waals surface area contributed by atoms with Crippen molar-refractivity contribution in [3.05, 3.63) is 7.43 Å². The van der Waals surface area contributed by atoms with Gasteiger partial charge in [-0.15, -0.1) is 0 Å². The summed E-state index contributed by atoms with van der Waals surface area (Å²) < 4.78 is 30.9. The van der Waals surface area contributed by atoms with Crippen LogP contribution in [-0.4, -0.2) is 0 Å². The van der Waals surface area contributed by atoms with Crippen molar-refractivity contribution < 1.29 is 18.6 Å². The van der Waals surface area contributed by atoms with Crippen LogP contribution in [0.2, 0.25) is 0 Å². The summed E-state index contributed by atoms with van der Waals surface area (Å²) in [4.78, 5) is 0. The van der Waals surface area contributed by atoms with Crippen LogP contribution in [0.15, 0.2) is 0 Å². The van der Waals surface area contributed by atoms with Gasteiger partial charge in [-0.25, -0.2) is 47.5 Å². The molecule has 0 aliphatic rings. The predicted octanol–water partition coefficient (Wildman–Crippen LogP) is -1.92. The molecular formula is CCl4O4. The van der Waals surface area contributed by atoms with Gasteiger partial charge in [0, 0.05) is 0 Å². The molecule has 0 aliphatic carbocycles. The average Bonchev–Trinajstić information content (AvgIpc) is 2.03. The van der Waals surface area contributed by atoms with Crippen LogP contribution in [0.3, 0.4) is 0 Å². The fourth-order valence-electron chi connectivity index (χ4n) is 0. The van der Waals surface area contributed by atoms with Gasteiger partial charge in [0.25, 0.3) is 0 Å². The number of hydrogen-bond donors (Lipinski definition) is 0. The average molecular weight is 218 g/mol. The summed E-state index contributed by atoms with van der Waals surface area (Å²) in [7, 11) is 0. The van der Waals surface area contributed by atoms with Crippen molar-refractivity contribution in [2.75, 3.05) is 0 Å². The molecule has 0 aliphatic heterocycles. The third-order valence-corrected chi connectivity index (χ3v) is 0. The number of halogens is 4. The van der Waals surface area contributed by atoms with Crippen molar-refractivity contribution in [3.8, 4) is 0 Å². The van der Waals surface area contributed by atoms with Crippen molar-refractivity contribution in [1.29, 1.82) is 0 Å². The molecule has 0 aromatic rings. The molecule has 0 spiro atoms. The molecule has 0 aromatic heterocycles. The van der Waals surface area contributed by atoms with Gasteiger partial charge in [-0.2, -0.15) is 0 Å². The SMILES string of the molecule is [C+4].[O-]Cl.[O-]Cl.[O-]Cl.[O-]Cl. The van der Waals surface area contributed by atoms with Crippen LogP contribution < -0.4 is 18.6 Å². The first-order valence-electron chi connectivity index (χ1n) is 0.617. The monoisotopic (exact) mass is 216 g/mol. The van der Waals surface area contributed by atoms with E-state index < -0.39 is 0 Å². The van der Waals surface area contributed by atoms with E-state index in [1.807, 2.05) is 0 Å². The molecule has 0 rings (SSSR count). The molecule has 0 bridgehead atoms. The van der Waals surface area contributed by atoms with Gasteiger partial charge in [-0.1, -0.05) is 0 Å². The summed E-state index contributed by atoms with van der Waals surface area (Å²) in [6, 6.07) is 0. The van der Waals surface area contributed by atoms with Crippen LogP contribution in [0.5, 0.6) is 0 Å². The molecule has 0 atom stereocenters. The largest absolute Gasteiger partial charge is 4.00 e. The van der Waals surface area contributed by atoms with E-state index in [0.29, 0.717) is 0 Å². The van der Waals surface area contributed by atoms with Crippen LogP contribution >= 0.6 is 47.5 Å². The summed E-state index contributed by atoms with van der Waals surface area (Å²) in [5.41, 5.74) is 0. The second-order valence-electron chi connectivity index (χ2n) is 0. The quantitative estimate of drug-likeness (QED) is 0.473. The van der Waals surface area contributed by atoms with Crippen molar-refractivity contribution >= 4 is 47.5 Å². The Morgan fingerprint density at radius 2 is 0.444 bits per heavy atom. The van der Waals surface area contributed by atoms with Crippen molar-refractivity contribution in [2.45, 2.75) is 0 Å². The molecule has 9 heavy (non-hydrogen) atoms. The van der Waals surface area contributed by atoms with Crippen molar-refractivity contribution in [3.63, 3.8) is 0 Å². The minimum Gasteiger partial charge on any atom is -0.769 e. The maximum absolute atomic E-state index is 7.72. The van der Waals surface area contributed by atoms with Crippen LogP contribution in [0.1, 0.15) is 0 Å². The maximum Gasteiger partial charge on any atom is 4.00 e. The summed E-state index contributed by atoms with van der Waals surface area (Å²) in [5.74, 6) is 0. The third kappa shape index (κ3) is 441. The molecule has 0 radical (unpaired) electrons. The third-order valence-electron chi connectivity index (χ3n) is 0. The van der Waals surface area contributed by atoms with Crippen LogP contribution in [-0.2, 0) is 0 Å².